The highest BCUT2D eigenvalue weighted by Gasteiger charge is 2.35. The second kappa shape index (κ2) is 10.2. The minimum atomic E-state index is -1.87. The number of alkyl halides is 3. The summed E-state index contributed by atoms with van der Waals surface area (Å²) in [5, 5.41) is 8.49. The van der Waals surface area contributed by atoms with E-state index in [0.717, 1.165) is 5.56 Å². The molecule has 2 rings (SSSR count). The van der Waals surface area contributed by atoms with Gasteiger partial charge in [0, 0.05) is 11.6 Å². The van der Waals surface area contributed by atoms with Crippen LogP contribution in [0.5, 0.6) is 11.5 Å². The Morgan fingerprint density at radius 1 is 1.03 bits per heavy atom. The molecule has 0 fully saturated rings. The van der Waals surface area contributed by atoms with Gasteiger partial charge < -0.3 is 25.4 Å². The zero-order valence-corrected chi connectivity index (χ0v) is 19.0. The van der Waals surface area contributed by atoms with Crippen LogP contribution in [0.15, 0.2) is 42.5 Å². The topological polar surface area (TPSA) is 71.6 Å². The number of amides is 1. The molecule has 6 nitrogen and oxygen atoms in total. The molecule has 29 heavy (non-hydrogen) atoms. The Balaban J connectivity index is 2.13. The van der Waals surface area contributed by atoms with Crippen molar-refractivity contribution in [3.8, 4) is 11.5 Å². The van der Waals surface area contributed by atoms with E-state index in [1.54, 1.807) is 37.4 Å². The van der Waals surface area contributed by atoms with Crippen molar-refractivity contribution >= 4 is 63.7 Å². The van der Waals surface area contributed by atoms with Gasteiger partial charge in [0.25, 0.3) is 5.91 Å². The number of nitrogens with one attached hydrogen (secondary N) is 3. The second-order valence-electron chi connectivity index (χ2n) is 5.98. The van der Waals surface area contributed by atoms with Gasteiger partial charge in [0.05, 0.1) is 19.9 Å². The van der Waals surface area contributed by atoms with Crippen molar-refractivity contribution in [1.82, 2.24) is 10.6 Å². The number of anilines is 1. The highest BCUT2D eigenvalue weighted by atomic mass is 35.6. The summed E-state index contributed by atoms with van der Waals surface area (Å²) >= 11 is 23.4. The molecule has 0 radical (unpaired) electrons. The number of ether oxygens (including phenoxy) is 2. The van der Waals surface area contributed by atoms with Crippen molar-refractivity contribution in [3.05, 3.63) is 53.6 Å². The first-order valence-electron chi connectivity index (χ1n) is 8.38. The third-order valence-corrected chi connectivity index (χ3v) is 4.72. The van der Waals surface area contributed by atoms with Gasteiger partial charge in [-0.2, -0.15) is 0 Å². The maximum absolute atomic E-state index is 12.5. The number of methoxy groups -OCH3 is 2. The Labute approximate surface area is 189 Å². The van der Waals surface area contributed by atoms with Gasteiger partial charge in [0.15, 0.2) is 5.11 Å². The van der Waals surface area contributed by atoms with Crippen LogP contribution in [-0.4, -0.2) is 35.2 Å². The van der Waals surface area contributed by atoms with E-state index in [4.69, 9.17) is 56.5 Å². The van der Waals surface area contributed by atoms with Crippen molar-refractivity contribution in [3.63, 3.8) is 0 Å². The number of halogens is 3. The molecule has 2 aromatic rings. The monoisotopic (exact) mass is 475 g/mol. The summed E-state index contributed by atoms with van der Waals surface area (Å²) in [7, 11) is 3.07. The van der Waals surface area contributed by atoms with Gasteiger partial charge in [-0.15, -0.1) is 0 Å². The lowest BCUT2D eigenvalue weighted by Crippen LogP contribution is -2.56. The van der Waals surface area contributed by atoms with Gasteiger partial charge in [-0.05, 0) is 43.4 Å². The van der Waals surface area contributed by atoms with E-state index in [9.17, 15) is 4.79 Å². The maximum Gasteiger partial charge on any atom is 0.252 e. The molecule has 1 atom stereocenters. The van der Waals surface area contributed by atoms with Crippen molar-refractivity contribution in [2.24, 2.45) is 0 Å². The van der Waals surface area contributed by atoms with Crippen LogP contribution in [0, 0.1) is 6.92 Å². The molecular weight excluding hydrogens is 457 g/mol. The molecule has 156 valence electrons. The molecule has 0 spiro atoms. The Bertz CT molecular complexity index is 873. The smallest absolute Gasteiger partial charge is 0.252 e. The Morgan fingerprint density at radius 2 is 1.69 bits per heavy atom. The first kappa shape index (κ1) is 23.3. The third-order valence-electron chi connectivity index (χ3n) is 3.85. The van der Waals surface area contributed by atoms with Gasteiger partial charge in [0.2, 0.25) is 3.79 Å². The van der Waals surface area contributed by atoms with E-state index in [2.05, 4.69) is 16.0 Å². The zero-order valence-electron chi connectivity index (χ0n) is 15.9. The molecule has 3 N–H and O–H groups in total. The Hall–Kier alpha value is -1.93. The highest BCUT2D eigenvalue weighted by molar-refractivity contribution is 7.80. The van der Waals surface area contributed by atoms with E-state index in [-0.39, 0.29) is 5.11 Å². The Kier molecular flexibility index (Phi) is 8.22. The maximum atomic E-state index is 12.5. The van der Waals surface area contributed by atoms with E-state index in [1.165, 1.54) is 7.11 Å². The fourth-order valence-corrected chi connectivity index (χ4v) is 2.88. The van der Waals surface area contributed by atoms with Gasteiger partial charge >= 0.3 is 0 Å². The third kappa shape index (κ3) is 6.82. The summed E-state index contributed by atoms with van der Waals surface area (Å²) in [5.41, 5.74) is 1.98. The standard InChI is InChI=1S/C19H20Cl3N3O3S/c1-11-4-6-12(7-5-11)16(26)24-17(19(20,21)22)25-18(29)23-14-10-13(27-2)8-9-15(14)28-3/h4-10,17H,1-3H3,(H,24,26)(H2,23,25,29)/t17-/m0/s1. The molecule has 0 bridgehead atoms. The molecule has 0 unspecified atom stereocenters. The summed E-state index contributed by atoms with van der Waals surface area (Å²) in [4.78, 5) is 12.5. The van der Waals surface area contributed by atoms with E-state index < -0.39 is 15.9 Å². The minimum Gasteiger partial charge on any atom is -0.497 e. The summed E-state index contributed by atoms with van der Waals surface area (Å²) in [6.07, 6.45) is -1.10. The van der Waals surface area contributed by atoms with Crippen molar-refractivity contribution in [2.75, 3.05) is 19.5 Å². The molecule has 10 heteroatoms. The van der Waals surface area contributed by atoms with E-state index >= 15 is 0 Å². The average Bonchev–Trinajstić information content (AvgIpc) is 2.67. The average molecular weight is 477 g/mol. The molecule has 0 saturated heterocycles. The largest absolute Gasteiger partial charge is 0.497 e. The highest BCUT2D eigenvalue weighted by Crippen LogP contribution is 2.31. The fraction of sp³-hybridized carbons (Fsp3) is 0.263. The van der Waals surface area contributed by atoms with Crippen molar-refractivity contribution in [1.29, 1.82) is 0 Å². The normalized spacial score (nSPS) is 11.9. The summed E-state index contributed by atoms with van der Waals surface area (Å²) in [6.45, 7) is 1.92. The predicted molar refractivity (Wildman–Crippen MR) is 122 cm³/mol. The van der Waals surface area contributed by atoms with Gasteiger partial charge in [-0.3, -0.25) is 4.79 Å². The summed E-state index contributed by atoms with van der Waals surface area (Å²) in [6, 6.07) is 12.1. The van der Waals surface area contributed by atoms with Crippen LogP contribution in [-0.2, 0) is 0 Å². The van der Waals surface area contributed by atoms with E-state index in [0.29, 0.717) is 22.7 Å². The Morgan fingerprint density at radius 3 is 2.24 bits per heavy atom. The second-order valence-corrected chi connectivity index (χ2v) is 8.76. The first-order valence-corrected chi connectivity index (χ1v) is 9.92. The van der Waals surface area contributed by atoms with Crippen LogP contribution in [0.1, 0.15) is 15.9 Å². The molecule has 0 aliphatic carbocycles. The van der Waals surface area contributed by atoms with Gasteiger partial charge in [-0.1, -0.05) is 52.5 Å². The van der Waals surface area contributed by atoms with Crippen LogP contribution in [0.25, 0.3) is 0 Å². The van der Waals surface area contributed by atoms with Crippen LogP contribution in [0.2, 0.25) is 0 Å². The molecular formula is C19H20Cl3N3O3S. The number of carbonyl (C=O) groups is 1. The molecule has 0 saturated carbocycles. The van der Waals surface area contributed by atoms with Crippen molar-refractivity contribution in [2.45, 2.75) is 16.9 Å². The number of carbonyl (C=O) groups excluding carboxylic acids is 1. The lowest BCUT2D eigenvalue weighted by Gasteiger charge is -2.28. The predicted octanol–water partition coefficient (Wildman–Crippen LogP) is 4.42. The summed E-state index contributed by atoms with van der Waals surface area (Å²) < 4.78 is 8.63. The lowest BCUT2D eigenvalue weighted by molar-refractivity contribution is 0.0934. The van der Waals surface area contributed by atoms with Crippen LogP contribution in [0.4, 0.5) is 5.69 Å². The number of aryl methyl sites for hydroxylation is 1. The zero-order chi connectivity index (χ0) is 21.6. The summed E-state index contributed by atoms with van der Waals surface area (Å²) in [5.74, 6) is 0.710. The molecule has 2 aromatic carbocycles. The van der Waals surface area contributed by atoms with Crippen molar-refractivity contribution < 1.29 is 14.3 Å². The van der Waals surface area contributed by atoms with Crippen LogP contribution in [0.3, 0.4) is 0 Å². The SMILES string of the molecule is COc1ccc(OC)c(NC(=S)N[C@H](NC(=O)c2ccc(C)cc2)C(Cl)(Cl)Cl)c1. The number of hydrogen-bond acceptors (Lipinski definition) is 4. The van der Waals surface area contributed by atoms with Gasteiger partial charge in [0.1, 0.15) is 17.7 Å². The number of thiocarbonyl (C=S) groups is 1. The van der Waals surface area contributed by atoms with Crippen LogP contribution < -0.4 is 25.4 Å². The van der Waals surface area contributed by atoms with E-state index in [1.807, 2.05) is 19.1 Å². The number of hydrogen-bond donors (Lipinski definition) is 3. The molecule has 0 aliphatic heterocycles. The van der Waals surface area contributed by atoms with Gasteiger partial charge in [-0.25, -0.2) is 0 Å². The molecule has 0 heterocycles. The molecule has 0 aliphatic rings. The minimum absolute atomic E-state index is 0.108. The number of rotatable bonds is 6. The fourth-order valence-electron chi connectivity index (χ4n) is 2.32. The molecule has 0 aromatic heterocycles. The van der Waals surface area contributed by atoms with Crippen LogP contribution >= 0.6 is 47.0 Å². The number of benzene rings is 2. The quantitative estimate of drug-likeness (QED) is 0.326. The first-order chi connectivity index (χ1) is 13.6. The molecule has 1 amide bonds. The lowest BCUT2D eigenvalue weighted by atomic mass is 10.1.